The maximum atomic E-state index is 12.6. The Morgan fingerprint density at radius 1 is 1.00 bits per heavy atom. The van der Waals surface area contributed by atoms with Crippen LogP contribution >= 0.6 is 24.8 Å². The van der Waals surface area contributed by atoms with Gasteiger partial charge in [0.05, 0.1) is 0 Å². The minimum Gasteiger partial charge on any atom is -0.354 e. The highest BCUT2D eigenvalue weighted by atomic mass is 35.5. The lowest BCUT2D eigenvalue weighted by Gasteiger charge is -2.36. The van der Waals surface area contributed by atoms with E-state index in [2.05, 4.69) is 31.1 Å². The molecule has 2 saturated heterocycles. The number of carbonyl (C=O) groups is 1. The van der Waals surface area contributed by atoms with E-state index in [9.17, 15) is 4.79 Å². The number of rotatable bonds is 7. The van der Waals surface area contributed by atoms with E-state index < -0.39 is 0 Å². The van der Waals surface area contributed by atoms with Gasteiger partial charge in [-0.3, -0.25) is 9.69 Å². The fourth-order valence-corrected chi connectivity index (χ4v) is 4.14. The molecular weight excluding hydrogens is 409 g/mol. The highest BCUT2D eigenvalue weighted by Crippen LogP contribution is 2.28. The number of likely N-dealkylation sites (tertiary alicyclic amines) is 1. The van der Waals surface area contributed by atoms with Crippen LogP contribution in [0.15, 0.2) is 24.4 Å². The number of carbonyl (C=O) groups excluding carboxylic acids is 1. The van der Waals surface area contributed by atoms with Gasteiger partial charge in [-0.05, 0) is 50.3 Å². The summed E-state index contributed by atoms with van der Waals surface area (Å²) in [6.07, 6.45) is 7.54. The van der Waals surface area contributed by atoms with Gasteiger partial charge in [0.25, 0.3) is 0 Å². The first-order valence-corrected chi connectivity index (χ1v) is 10.7. The SMILES string of the molecule is Cl.Cl.O=C(CCN1CCN(c2ccccn2)CC1)N1CCC(NCC2CC2)CC1. The molecule has 0 bridgehead atoms. The molecule has 8 heteroatoms. The van der Waals surface area contributed by atoms with E-state index in [0.29, 0.717) is 18.4 Å². The van der Waals surface area contributed by atoms with Crippen molar-refractivity contribution in [1.82, 2.24) is 20.1 Å². The summed E-state index contributed by atoms with van der Waals surface area (Å²) in [6.45, 7) is 7.92. The van der Waals surface area contributed by atoms with Crippen LogP contribution in [0.1, 0.15) is 32.1 Å². The number of amides is 1. The van der Waals surface area contributed by atoms with Crippen LogP contribution in [0.3, 0.4) is 0 Å². The van der Waals surface area contributed by atoms with Crippen LogP contribution in [0.4, 0.5) is 5.82 Å². The summed E-state index contributed by atoms with van der Waals surface area (Å²) >= 11 is 0. The molecule has 0 aromatic carbocycles. The lowest BCUT2D eigenvalue weighted by Crippen LogP contribution is -2.48. The number of piperidine rings is 1. The van der Waals surface area contributed by atoms with Gasteiger partial charge in [0.2, 0.25) is 5.91 Å². The van der Waals surface area contributed by atoms with Crippen molar-refractivity contribution in [3.63, 3.8) is 0 Å². The summed E-state index contributed by atoms with van der Waals surface area (Å²) in [5.74, 6) is 2.33. The molecule has 0 atom stereocenters. The number of hydrogen-bond donors (Lipinski definition) is 1. The summed E-state index contributed by atoms with van der Waals surface area (Å²) in [4.78, 5) is 23.8. The van der Waals surface area contributed by atoms with Gasteiger partial charge in [-0.1, -0.05) is 6.07 Å². The Balaban J connectivity index is 0.00000150. The van der Waals surface area contributed by atoms with Crippen molar-refractivity contribution in [2.24, 2.45) is 5.92 Å². The van der Waals surface area contributed by atoms with E-state index in [1.165, 1.54) is 19.4 Å². The molecule has 4 rings (SSSR count). The molecule has 0 radical (unpaired) electrons. The molecule has 0 spiro atoms. The van der Waals surface area contributed by atoms with Crippen LogP contribution < -0.4 is 10.2 Å². The zero-order valence-electron chi connectivity index (χ0n) is 17.2. The number of aromatic nitrogens is 1. The lowest BCUT2D eigenvalue weighted by molar-refractivity contribution is -0.132. The third-order valence-electron chi connectivity index (χ3n) is 6.23. The number of piperazine rings is 1. The Hall–Kier alpha value is -1.08. The fraction of sp³-hybridized carbons (Fsp3) is 0.714. The normalized spacial score (nSPS) is 20.7. The third-order valence-corrected chi connectivity index (χ3v) is 6.23. The first-order chi connectivity index (χ1) is 13.3. The Labute approximate surface area is 187 Å². The molecule has 29 heavy (non-hydrogen) atoms. The monoisotopic (exact) mass is 443 g/mol. The summed E-state index contributed by atoms with van der Waals surface area (Å²) in [6, 6.07) is 6.69. The minimum atomic E-state index is 0. The molecule has 1 amide bonds. The predicted octanol–water partition coefficient (Wildman–Crippen LogP) is 2.43. The molecule has 6 nitrogen and oxygen atoms in total. The van der Waals surface area contributed by atoms with Crippen molar-refractivity contribution in [1.29, 1.82) is 0 Å². The Kier molecular flexibility index (Phi) is 9.96. The van der Waals surface area contributed by atoms with Crippen LogP contribution in [-0.4, -0.2) is 79.1 Å². The zero-order chi connectivity index (χ0) is 18.5. The second kappa shape index (κ2) is 11.9. The number of pyridine rings is 1. The van der Waals surface area contributed by atoms with Crippen LogP contribution in [0.5, 0.6) is 0 Å². The van der Waals surface area contributed by atoms with Crippen LogP contribution in [-0.2, 0) is 4.79 Å². The van der Waals surface area contributed by atoms with Crippen molar-refractivity contribution in [2.45, 2.75) is 38.1 Å². The maximum absolute atomic E-state index is 12.6. The second-order valence-electron chi connectivity index (χ2n) is 8.27. The predicted molar refractivity (Wildman–Crippen MR) is 122 cm³/mol. The quantitative estimate of drug-likeness (QED) is 0.700. The average molecular weight is 444 g/mol. The molecule has 1 aromatic rings. The maximum Gasteiger partial charge on any atom is 0.223 e. The smallest absolute Gasteiger partial charge is 0.223 e. The molecule has 2 aliphatic heterocycles. The average Bonchev–Trinajstić information content (AvgIpc) is 3.56. The van der Waals surface area contributed by atoms with Crippen molar-refractivity contribution in [3.8, 4) is 0 Å². The molecule has 3 heterocycles. The topological polar surface area (TPSA) is 51.7 Å². The molecule has 1 aromatic heterocycles. The number of nitrogens with one attached hydrogen (secondary N) is 1. The van der Waals surface area contributed by atoms with Crippen molar-refractivity contribution < 1.29 is 4.79 Å². The van der Waals surface area contributed by atoms with Crippen LogP contribution in [0, 0.1) is 5.92 Å². The largest absolute Gasteiger partial charge is 0.354 e. The van der Waals surface area contributed by atoms with Crippen molar-refractivity contribution in [2.75, 3.05) is 57.3 Å². The summed E-state index contributed by atoms with van der Waals surface area (Å²) < 4.78 is 0. The molecule has 1 saturated carbocycles. The number of halogens is 2. The van der Waals surface area contributed by atoms with Gasteiger partial charge in [0.1, 0.15) is 5.82 Å². The van der Waals surface area contributed by atoms with Crippen molar-refractivity contribution in [3.05, 3.63) is 24.4 Å². The Bertz CT molecular complexity index is 600. The summed E-state index contributed by atoms with van der Waals surface area (Å²) in [5, 5.41) is 3.69. The number of nitrogens with zero attached hydrogens (tertiary/aromatic N) is 4. The Morgan fingerprint density at radius 3 is 2.34 bits per heavy atom. The van der Waals surface area contributed by atoms with Crippen molar-refractivity contribution >= 4 is 36.5 Å². The fourth-order valence-electron chi connectivity index (χ4n) is 4.14. The van der Waals surface area contributed by atoms with E-state index in [0.717, 1.165) is 70.4 Å². The summed E-state index contributed by atoms with van der Waals surface area (Å²) in [7, 11) is 0. The van der Waals surface area contributed by atoms with E-state index >= 15 is 0 Å². The van der Waals surface area contributed by atoms with E-state index in [-0.39, 0.29) is 24.8 Å². The third kappa shape index (κ3) is 7.28. The summed E-state index contributed by atoms with van der Waals surface area (Å²) in [5.41, 5.74) is 0. The van der Waals surface area contributed by atoms with Gasteiger partial charge < -0.3 is 15.1 Å². The molecular formula is C21H35Cl2N5O. The first-order valence-electron chi connectivity index (χ1n) is 10.7. The van der Waals surface area contributed by atoms with Gasteiger partial charge in [-0.25, -0.2) is 4.98 Å². The Morgan fingerprint density at radius 2 is 1.72 bits per heavy atom. The molecule has 164 valence electrons. The molecule has 3 aliphatic rings. The standard InChI is InChI=1S/C21H33N5O.2ClH/c27-21(26-11-6-19(7-12-26)23-17-18-4-5-18)8-10-24-13-15-25(16-14-24)20-3-1-2-9-22-20;;/h1-3,9,18-19,23H,4-8,10-17H2;2*1H. The van der Waals surface area contributed by atoms with Gasteiger partial charge in [-0.2, -0.15) is 0 Å². The molecule has 1 N–H and O–H groups in total. The molecule has 3 fully saturated rings. The van der Waals surface area contributed by atoms with Crippen LogP contribution in [0.2, 0.25) is 0 Å². The van der Waals surface area contributed by atoms with Gasteiger partial charge in [-0.15, -0.1) is 24.8 Å². The molecule has 0 unspecified atom stereocenters. The first kappa shape index (κ1) is 24.2. The lowest BCUT2D eigenvalue weighted by atomic mass is 10.0. The zero-order valence-corrected chi connectivity index (χ0v) is 18.8. The van der Waals surface area contributed by atoms with Gasteiger partial charge in [0, 0.05) is 64.5 Å². The van der Waals surface area contributed by atoms with E-state index in [4.69, 9.17) is 0 Å². The van der Waals surface area contributed by atoms with Gasteiger partial charge >= 0.3 is 0 Å². The number of hydrogen-bond acceptors (Lipinski definition) is 5. The van der Waals surface area contributed by atoms with Crippen LogP contribution in [0.25, 0.3) is 0 Å². The molecule has 1 aliphatic carbocycles. The second-order valence-corrected chi connectivity index (χ2v) is 8.27. The van der Waals surface area contributed by atoms with Gasteiger partial charge in [0.15, 0.2) is 0 Å². The highest BCUT2D eigenvalue weighted by molar-refractivity contribution is 5.85. The van der Waals surface area contributed by atoms with E-state index in [1.807, 2.05) is 18.3 Å². The number of anilines is 1. The minimum absolute atomic E-state index is 0. The van der Waals surface area contributed by atoms with E-state index in [1.54, 1.807) is 0 Å². The highest BCUT2D eigenvalue weighted by Gasteiger charge is 2.26.